The molecule has 1 aliphatic carbocycles. The zero-order valence-electron chi connectivity index (χ0n) is 5.64. The Labute approximate surface area is 56.6 Å². The summed E-state index contributed by atoms with van der Waals surface area (Å²) in [5.41, 5.74) is 5.42. The maximum Gasteiger partial charge on any atom is 0.0325 e. The van der Waals surface area contributed by atoms with Gasteiger partial charge in [-0.3, -0.25) is 0 Å². The van der Waals surface area contributed by atoms with Gasteiger partial charge in [-0.05, 0) is 12.3 Å². The van der Waals surface area contributed by atoms with Crippen molar-refractivity contribution in [1.29, 1.82) is 0 Å². The van der Waals surface area contributed by atoms with Crippen molar-refractivity contribution in [2.45, 2.75) is 19.3 Å². The van der Waals surface area contributed by atoms with Crippen molar-refractivity contribution in [2.75, 3.05) is 6.54 Å². The quantitative estimate of drug-likeness (QED) is 0.556. The van der Waals surface area contributed by atoms with E-state index in [2.05, 4.69) is 5.92 Å². The van der Waals surface area contributed by atoms with Crippen LogP contribution in [0.15, 0.2) is 0 Å². The molecular formula is C8H13N. The molecule has 1 aliphatic rings. The van der Waals surface area contributed by atoms with Gasteiger partial charge in [0.25, 0.3) is 0 Å². The molecule has 50 valence electrons. The van der Waals surface area contributed by atoms with E-state index in [4.69, 9.17) is 12.2 Å². The highest BCUT2D eigenvalue weighted by molar-refractivity contribution is 4.96. The molecule has 1 fully saturated rings. The summed E-state index contributed by atoms with van der Waals surface area (Å²) >= 11 is 0. The van der Waals surface area contributed by atoms with Gasteiger partial charge in [-0.1, -0.05) is 12.8 Å². The largest absolute Gasteiger partial charge is 0.329 e. The maximum atomic E-state index is 5.42. The van der Waals surface area contributed by atoms with Gasteiger partial charge in [-0.2, -0.15) is 0 Å². The monoisotopic (exact) mass is 123 g/mol. The highest BCUT2D eigenvalue weighted by Crippen LogP contribution is 2.34. The van der Waals surface area contributed by atoms with Crippen LogP contribution in [0, 0.1) is 24.2 Å². The number of hydrogen-bond donors (Lipinski definition) is 1. The van der Waals surface area contributed by atoms with Gasteiger partial charge in [0.15, 0.2) is 0 Å². The molecule has 1 atom stereocenters. The van der Waals surface area contributed by atoms with Crippen LogP contribution >= 0.6 is 0 Å². The molecule has 1 unspecified atom stereocenters. The summed E-state index contributed by atoms with van der Waals surface area (Å²) in [4.78, 5) is 0. The van der Waals surface area contributed by atoms with E-state index in [0.717, 1.165) is 12.3 Å². The van der Waals surface area contributed by atoms with Gasteiger partial charge in [0.05, 0.1) is 0 Å². The van der Waals surface area contributed by atoms with E-state index in [9.17, 15) is 0 Å². The molecule has 0 aromatic carbocycles. The van der Waals surface area contributed by atoms with Gasteiger partial charge < -0.3 is 5.73 Å². The second kappa shape index (κ2) is 2.89. The lowest BCUT2D eigenvalue weighted by atomic mass is 10.0. The zero-order chi connectivity index (χ0) is 6.69. The van der Waals surface area contributed by atoms with Gasteiger partial charge in [0.1, 0.15) is 0 Å². The molecule has 1 rings (SSSR count). The predicted molar refractivity (Wildman–Crippen MR) is 38.7 cm³/mol. The maximum absolute atomic E-state index is 5.42. The topological polar surface area (TPSA) is 26.0 Å². The van der Waals surface area contributed by atoms with Crippen LogP contribution in [0.2, 0.25) is 0 Å². The fourth-order valence-electron chi connectivity index (χ4n) is 0.988. The molecule has 0 heterocycles. The SMILES string of the molecule is C#CC(CN)CC1CC1. The van der Waals surface area contributed by atoms with Crippen molar-refractivity contribution in [2.24, 2.45) is 17.6 Å². The lowest BCUT2D eigenvalue weighted by Crippen LogP contribution is -2.12. The van der Waals surface area contributed by atoms with E-state index < -0.39 is 0 Å². The third-order valence-electron chi connectivity index (χ3n) is 1.83. The van der Waals surface area contributed by atoms with Gasteiger partial charge in [-0.15, -0.1) is 12.3 Å². The van der Waals surface area contributed by atoms with E-state index in [1.807, 2.05) is 0 Å². The molecule has 1 nitrogen and oxygen atoms in total. The van der Waals surface area contributed by atoms with E-state index in [-0.39, 0.29) is 0 Å². The smallest absolute Gasteiger partial charge is 0.0325 e. The Balaban J connectivity index is 2.14. The van der Waals surface area contributed by atoms with Crippen LogP contribution < -0.4 is 5.73 Å². The number of terminal acetylenes is 1. The van der Waals surface area contributed by atoms with Crippen molar-refractivity contribution in [3.8, 4) is 12.3 Å². The van der Waals surface area contributed by atoms with Crippen LogP contribution in [0.5, 0.6) is 0 Å². The molecule has 1 saturated carbocycles. The van der Waals surface area contributed by atoms with Gasteiger partial charge in [-0.25, -0.2) is 0 Å². The lowest BCUT2D eigenvalue weighted by molar-refractivity contribution is 0.572. The van der Waals surface area contributed by atoms with Crippen molar-refractivity contribution in [3.05, 3.63) is 0 Å². The van der Waals surface area contributed by atoms with Crippen LogP contribution in [0.3, 0.4) is 0 Å². The fourth-order valence-corrected chi connectivity index (χ4v) is 0.988. The molecule has 0 spiro atoms. The number of nitrogens with two attached hydrogens (primary N) is 1. The van der Waals surface area contributed by atoms with E-state index in [1.165, 1.54) is 12.8 Å². The van der Waals surface area contributed by atoms with Crippen molar-refractivity contribution in [1.82, 2.24) is 0 Å². The molecule has 0 aromatic rings. The van der Waals surface area contributed by atoms with Crippen LogP contribution in [0.4, 0.5) is 0 Å². The number of rotatable bonds is 3. The summed E-state index contributed by atoms with van der Waals surface area (Å²) in [5, 5.41) is 0. The van der Waals surface area contributed by atoms with Crippen molar-refractivity contribution >= 4 is 0 Å². The van der Waals surface area contributed by atoms with E-state index >= 15 is 0 Å². The summed E-state index contributed by atoms with van der Waals surface area (Å²) in [6, 6.07) is 0. The van der Waals surface area contributed by atoms with Gasteiger partial charge in [0, 0.05) is 12.5 Å². The average molecular weight is 123 g/mol. The molecule has 0 amide bonds. The first kappa shape index (κ1) is 6.64. The summed E-state index contributed by atoms with van der Waals surface area (Å²) < 4.78 is 0. The fraction of sp³-hybridized carbons (Fsp3) is 0.750. The second-order valence-electron chi connectivity index (χ2n) is 2.78. The molecule has 0 radical (unpaired) electrons. The van der Waals surface area contributed by atoms with Gasteiger partial charge in [0.2, 0.25) is 0 Å². The van der Waals surface area contributed by atoms with Crippen molar-refractivity contribution < 1.29 is 0 Å². The average Bonchev–Trinajstić information content (AvgIpc) is 2.66. The minimum atomic E-state index is 0.345. The molecule has 0 aromatic heterocycles. The third-order valence-corrected chi connectivity index (χ3v) is 1.83. The Morgan fingerprint density at radius 3 is 2.67 bits per heavy atom. The van der Waals surface area contributed by atoms with Crippen LogP contribution in [-0.4, -0.2) is 6.54 Å². The molecule has 1 heteroatoms. The predicted octanol–water partition coefficient (Wildman–Crippen LogP) is 0.995. The summed E-state index contributed by atoms with van der Waals surface area (Å²) in [7, 11) is 0. The minimum Gasteiger partial charge on any atom is -0.329 e. The molecule has 0 saturated heterocycles. The highest BCUT2D eigenvalue weighted by Gasteiger charge is 2.23. The zero-order valence-corrected chi connectivity index (χ0v) is 5.64. The van der Waals surface area contributed by atoms with E-state index in [1.54, 1.807) is 0 Å². The summed E-state index contributed by atoms with van der Waals surface area (Å²) in [5.74, 6) is 3.95. The Kier molecular flexibility index (Phi) is 2.13. The van der Waals surface area contributed by atoms with Gasteiger partial charge >= 0.3 is 0 Å². The Morgan fingerprint density at radius 2 is 2.33 bits per heavy atom. The first-order valence-corrected chi connectivity index (χ1v) is 3.53. The standard InChI is InChI=1S/C8H13N/c1-2-7(6-9)5-8-3-4-8/h1,7-8H,3-6,9H2. The Bertz CT molecular complexity index is 119. The molecular weight excluding hydrogens is 110 g/mol. The highest BCUT2D eigenvalue weighted by atomic mass is 14.5. The van der Waals surface area contributed by atoms with Crippen LogP contribution in [0.25, 0.3) is 0 Å². The van der Waals surface area contributed by atoms with Crippen molar-refractivity contribution in [3.63, 3.8) is 0 Å². The lowest BCUT2D eigenvalue weighted by Gasteiger charge is -2.03. The Morgan fingerprint density at radius 1 is 1.67 bits per heavy atom. The number of hydrogen-bond acceptors (Lipinski definition) is 1. The first-order valence-electron chi connectivity index (χ1n) is 3.53. The summed E-state index contributed by atoms with van der Waals surface area (Å²) in [6.07, 6.45) is 9.14. The second-order valence-corrected chi connectivity index (χ2v) is 2.78. The van der Waals surface area contributed by atoms with Crippen LogP contribution in [-0.2, 0) is 0 Å². The third kappa shape index (κ3) is 2.07. The first-order chi connectivity index (χ1) is 4.36. The molecule has 0 aliphatic heterocycles. The molecule has 2 N–H and O–H groups in total. The molecule has 9 heavy (non-hydrogen) atoms. The minimum absolute atomic E-state index is 0.345. The Hall–Kier alpha value is -0.480. The van der Waals surface area contributed by atoms with Crippen LogP contribution in [0.1, 0.15) is 19.3 Å². The normalized spacial score (nSPS) is 20.9. The van der Waals surface area contributed by atoms with E-state index in [0.29, 0.717) is 12.5 Å². The molecule has 0 bridgehead atoms. The summed E-state index contributed by atoms with van der Waals surface area (Å²) in [6.45, 7) is 0.660.